The molecule has 0 saturated heterocycles. The Balaban J connectivity index is 1.63. The fourth-order valence-electron chi connectivity index (χ4n) is 2.68. The summed E-state index contributed by atoms with van der Waals surface area (Å²) in [6.07, 6.45) is 5.15. The first kappa shape index (κ1) is 17.0. The van der Waals surface area contributed by atoms with Gasteiger partial charge in [-0.05, 0) is 42.2 Å². The lowest BCUT2D eigenvalue weighted by molar-refractivity contribution is -0.139. The van der Waals surface area contributed by atoms with Gasteiger partial charge < -0.3 is 9.14 Å². The Kier molecular flexibility index (Phi) is 4.98. The first-order valence-corrected chi connectivity index (χ1v) is 8.42. The Morgan fingerprint density at radius 2 is 1.96 bits per heavy atom. The van der Waals surface area contributed by atoms with E-state index < -0.39 is 0 Å². The van der Waals surface area contributed by atoms with Gasteiger partial charge in [0.15, 0.2) is 0 Å². The van der Waals surface area contributed by atoms with Crippen molar-refractivity contribution >= 4 is 17.7 Å². The summed E-state index contributed by atoms with van der Waals surface area (Å²) in [5.41, 5.74) is 4.87. The van der Waals surface area contributed by atoms with Gasteiger partial charge in [-0.3, -0.25) is 0 Å². The van der Waals surface area contributed by atoms with E-state index in [1.807, 2.05) is 47.9 Å². The van der Waals surface area contributed by atoms with Crippen molar-refractivity contribution in [1.82, 2.24) is 9.38 Å². The zero-order valence-corrected chi connectivity index (χ0v) is 14.8. The molecular weight excluding hydrogens is 312 g/mol. The summed E-state index contributed by atoms with van der Waals surface area (Å²) in [4.78, 5) is 16.5. The number of pyridine rings is 1. The van der Waals surface area contributed by atoms with Crippen LogP contribution < -0.4 is 0 Å². The normalized spacial score (nSPS) is 11.5. The van der Waals surface area contributed by atoms with Gasteiger partial charge in [0.2, 0.25) is 0 Å². The van der Waals surface area contributed by atoms with Crippen molar-refractivity contribution in [2.45, 2.75) is 33.3 Å². The van der Waals surface area contributed by atoms with Gasteiger partial charge in [-0.1, -0.05) is 44.2 Å². The van der Waals surface area contributed by atoms with Crippen LogP contribution in [0.5, 0.6) is 0 Å². The van der Waals surface area contributed by atoms with Crippen LogP contribution in [0, 0.1) is 6.92 Å². The second-order valence-corrected chi connectivity index (χ2v) is 6.34. The molecule has 0 aliphatic heterocycles. The van der Waals surface area contributed by atoms with Gasteiger partial charge in [0.05, 0.1) is 11.4 Å². The van der Waals surface area contributed by atoms with Crippen molar-refractivity contribution in [3.05, 3.63) is 77.3 Å². The molecule has 4 heteroatoms. The number of hydrogen-bond acceptors (Lipinski definition) is 3. The van der Waals surface area contributed by atoms with Crippen molar-refractivity contribution in [2.75, 3.05) is 0 Å². The Bertz CT molecular complexity index is 905. The van der Waals surface area contributed by atoms with Gasteiger partial charge in [0.1, 0.15) is 12.3 Å². The largest absolute Gasteiger partial charge is 0.456 e. The van der Waals surface area contributed by atoms with Crippen LogP contribution in [-0.4, -0.2) is 15.4 Å². The smallest absolute Gasteiger partial charge is 0.331 e. The third-order valence-corrected chi connectivity index (χ3v) is 4.20. The number of aromatic nitrogens is 2. The maximum absolute atomic E-state index is 12.0. The van der Waals surface area contributed by atoms with E-state index in [-0.39, 0.29) is 12.6 Å². The standard InChI is InChI=1S/C21H22N2O2/c1-15(2)18-10-7-17(8-11-18)9-12-21(24)25-14-19-16(3)22-20-6-4-5-13-23(19)20/h4-13,15H,14H2,1-3H3/b12-9+. The zero-order valence-electron chi connectivity index (χ0n) is 14.8. The van der Waals surface area contributed by atoms with Crippen molar-refractivity contribution in [3.63, 3.8) is 0 Å². The molecule has 0 amide bonds. The number of aryl methyl sites for hydroxylation is 1. The van der Waals surface area contributed by atoms with Crippen LogP contribution in [0.4, 0.5) is 0 Å². The summed E-state index contributed by atoms with van der Waals surface area (Å²) in [6, 6.07) is 14.0. The third-order valence-electron chi connectivity index (χ3n) is 4.20. The highest BCUT2D eigenvalue weighted by Crippen LogP contribution is 2.16. The number of benzene rings is 1. The Morgan fingerprint density at radius 3 is 2.68 bits per heavy atom. The maximum atomic E-state index is 12.0. The van der Waals surface area contributed by atoms with Crippen LogP contribution in [0.1, 0.15) is 42.3 Å². The number of imidazole rings is 1. The van der Waals surface area contributed by atoms with Crippen LogP contribution in [0.3, 0.4) is 0 Å². The van der Waals surface area contributed by atoms with Gasteiger partial charge in [0, 0.05) is 12.3 Å². The molecule has 25 heavy (non-hydrogen) atoms. The molecule has 0 aliphatic rings. The van der Waals surface area contributed by atoms with Crippen molar-refractivity contribution in [1.29, 1.82) is 0 Å². The number of nitrogens with zero attached hydrogens (tertiary/aromatic N) is 2. The minimum Gasteiger partial charge on any atom is -0.456 e. The monoisotopic (exact) mass is 334 g/mol. The second kappa shape index (κ2) is 7.34. The average Bonchev–Trinajstić information content (AvgIpc) is 2.93. The van der Waals surface area contributed by atoms with E-state index in [4.69, 9.17) is 4.74 Å². The summed E-state index contributed by atoms with van der Waals surface area (Å²) in [5.74, 6) is 0.134. The summed E-state index contributed by atoms with van der Waals surface area (Å²) < 4.78 is 7.31. The predicted molar refractivity (Wildman–Crippen MR) is 99.3 cm³/mol. The lowest BCUT2D eigenvalue weighted by atomic mass is 10.0. The number of rotatable bonds is 5. The van der Waals surface area contributed by atoms with Gasteiger partial charge in [-0.25, -0.2) is 9.78 Å². The highest BCUT2D eigenvalue weighted by atomic mass is 16.5. The lowest BCUT2D eigenvalue weighted by Gasteiger charge is -2.05. The molecule has 2 aromatic heterocycles. The number of fused-ring (bicyclic) bond motifs is 1. The van der Waals surface area contributed by atoms with Crippen LogP contribution in [-0.2, 0) is 16.1 Å². The van der Waals surface area contributed by atoms with Gasteiger partial charge in [0.25, 0.3) is 0 Å². The van der Waals surface area contributed by atoms with E-state index >= 15 is 0 Å². The zero-order chi connectivity index (χ0) is 17.8. The molecule has 4 nitrogen and oxygen atoms in total. The number of esters is 1. The average molecular weight is 334 g/mol. The quantitative estimate of drug-likeness (QED) is 0.509. The van der Waals surface area contributed by atoms with E-state index in [9.17, 15) is 4.79 Å². The van der Waals surface area contributed by atoms with Gasteiger partial charge >= 0.3 is 5.97 Å². The highest BCUT2D eigenvalue weighted by Gasteiger charge is 2.09. The third kappa shape index (κ3) is 3.97. The van der Waals surface area contributed by atoms with E-state index in [1.54, 1.807) is 6.08 Å². The Labute approximate surface area is 147 Å². The van der Waals surface area contributed by atoms with Crippen LogP contribution in [0.25, 0.3) is 11.7 Å². The van der Waals surface area contributed by atoms with Crippen LogP contribution >= 0.6 is 0 Å². The van der Waals surface area contributed by atoms with E-state index in [0.717, 1.165) is 22.6 Å². The fourth-order valence-corrected chi connectivity index (χ4v) is 2.68. The molecule has 0 N–H and O–H groups in total. The molecule has 0 spiro atoms. The number of carbonyl (C=O) groups excluding carboxylic acids is 1. The molecule has 3 aromatic rings. The molecule has 2 heterocycles. The SMILES string of the molecule is Cc1nc2ccccn2c1COC(=O)/C=C/c1ccc(C(C)C)cc1. The van der Waals surface area contributed by atoms with E-state index in [0.29, 0.717) is 5.92 Å². The topological polar surface area (TPSA) is 43.6 Å². The van der Waals surface area contributed by atoms with Crippen LogP contribution in [0.15, 0.2) is 54.7 Å². The molecular formula is C21H22N2O2. The molecule has 0 aliphatic carbocycles. The van der Waals surface area contributed by atoms with Crippen molar-refractivity contribution in [2.24, 2.45) is 0 Å². The summed E-state index contributed by atoms with van der Waals surface area (Å²) >= 11 is 0. The first-order valence-electron chi connectivity index (χ1n) is 8.42. The van der Waals surface area contributed by atoms with Gasteiger partial charge in [-0.15, -0.1) is 0 Å². The minimum absolute atomic E-state index is 0.201. The second-order valence-electron chi connectivity index (χ2n) is 6.34. The van der Waals surface area contributed by atoms with E-state index in [2.05, 4.69) is 31.0 Å². The summed E-state index contributed by atoms with van der Waals surface area (Å²) in [7, 11) is 0. The summed E-state index contributed by atoms with van der Waals surface area (Å²) in [6.45, 7) is 6.43. The summed E-state index contributed by atoms with van der Waals surface area (Å²) in [5, 5.41) is 0. The van der Waals surface area contributed by atoms with Crippen molar-refractivity contribution < 1.29 is 9.53 Å². The Morgan fingerprint density at radius 1 is 1.20 bits per heavy atom. The molecule has 0 unspecified atom stereocenters. The minimum atomic E-state index is -0.363. The molecule has 0 fully saturated rings. The molecule has 0 saturated carbocycles. The Hall–Kier alpha value is -2.88. The highest BCUT2D eigenvalue weighted by molar-refractivity contribution is 5.87. The molecule has 0 bridgehead atoms. The predicted octanol–water partition coefficient (Wildman–Crippen LogP) is 4.52. The fraction of sp³-hybridized carbons (Fsp3) is 0.238. The van der Waals surface area contributed by atoms with Crippen molar-refractivity contribution in [3.8, 4) is 0 Å². The van der Waals surface area contributed by atoms with E-state index in [1.165, 1.54) is 11.6 Å². The molecule has 128 valence electrons. The lowest BCUT2D eigenvalue weighted by Crippen LogP contribution is -2.04. The molecule has 3 rings (SSSR count). The first-order chi connectivity index (χ1) is 12.0. The molecule has 1 aromatic carbocycles. The van der Waals surface area contributed by atoms with Gasteiger partial charge in [-0.2, -0.15) is 0 Å². The maximum Gasteiger partial charge on any atom is 0.331 e. The number of hydrogen-bond donors (Lipinski definition) is 0. The van der Waals surface area contributed by atoms with Crippen LogP contribution in [0.2, 0.25) is 0 Å². The molecule has 0 atom stereocenters. The molecule has 0 radical (unpaired) electrons. The number of carbonyl (C=O) groups is 1. The number of ether oxygens (including phenoxy) is 1.